The van der Waals surface area contributed by atoms with Crippen molar-refractivity contribution in [1.29, 1.82) is 0 Å². The summed E-state index contributed by atoms with van der Waals surface area (Å²) in [5.41, 5.74) is 5.87. The van der Waals surface area contributed by atoms with Gasteiger partial charge < -0.3 is 9.64 Å². The molecule has 0 N–H and O–H groups in total. The maximum Gasteiger partial charge on any atom is 0.129 e. The van der Waals surface area contributed by atoms with Crippen LogP contribution in [0.3, 0.4) is 0 Å². The fraction of sp³-hybridized carbons (Fsp3) is 0.240. The van der Waals surface area contributed by atoms with E-state index in [9.17, 15) is 8.78 Å². The molecule has 0 spiro atoms. The first-order chi connectivity index (χ1) is 16.1. The van der Waals surface area contributed by atoms with Crippen molar-refractivity contribution >= 4 is 37.8 Å². The Kier molecular flexibility index (Phi) is 6.45. The standard InChI is InChI=1S/C17H16FN3O.C8H5FIN/c18-14-2-1-13-11-20-17(15(13)10-14)12-3-4-19-16(9-12)21-5-7-22-8-6-21;9-6-2-1-5-4-11-8(10)7(5)3-6/h1-4,9-10H,5-8,11H2;1-3H,4H2. The summed E-state index contributed by atoms with van der Waals surface area (Å²) in [6.07, 6.45) is 1.79. The third kappa shape index (κ3) is 4.81. The van der Waals surface area contributed by atoms with Crippen LogP contribution in [-0.4, -0.2) is 40.7 Å². The summed E-state index contributed by atoms with van der Waals surface area (Å²) in [6.45, 7) is 4.44. The van der Waals surface area contributed by atoms with E-state index in [0.29, 0.717) is 13.1 Å². The summed E-state index contributed by atoms with van der Waals surface area (Å²) < 4.78 is 32.5. The van der Waals surface area contributed by atoms with Gasteiger partial charge in [-0.05, 0) is 70.1 Å². The number of halogens is 3. The van der Waals surface area contributed by atoms with E-state index in [2.05, 4.69) is 42.5 Å². The number of hydrogen-bond donors (Lipinski definition) is 0. The van der Waals surface area contributed by atoms with E-state index in [4.69, 9.17) is 4.74 Å². The van der Waals surface area contributed by atoms with Crippen molar-refractivity contribution in [3.05, 3.63) is 94.2 Å². The second-order valence-corrected chi connectivity index (χ2v) is 8.90. The molecule has 5 nitrogen and oxygen atoms in total. The van der Waals surface area contributed by atoms with Crippen LogP contribution >= 0.6 is 22.6 Å². The molecule has 8 heteroatoms. The molecule has 0 unspecified atom stereocenters. The highest BCUT2D eigenvalue weighted by atomic mass is 127. The first-order valence-electron chi connectivity index (χ1n) is 10.7. The number of rotatable bonds is 2. The van der Waals surface area contributed by atoms with Crippen LogP contribution < -0.4 is 4.90 Å². The van der Waals surface area contributed by atoms with Crippen LogP contribution in [0.5, 0.6) is 0 Å². The van der Waals surface area contributed by atoms with E-state index >= 15 is 0 Å². The summed E-state index contributed by atoms with van der Waals surface area (Å²) in [5, 5.41) is 0. The lowest BCUT2D eigenvalue weighted by Gasteiger charge is -2.28. The Morgan fingerprint density at radius 1 is 0.818 bits per heavy atom. The van der Waals surface area contributed by atoms with Crippen molar-refractivity contribution < 1.29 is 13.5 Å². The maximum absolute atomic E-state index is 13.5. The molecular weight excluding hydrogens is 537 g/mol. The highest BCUT2D eigenvalue weighted by molar-refractivity contribution is 14.1. The smallest absolute Gasteiger partial charge is 0.129 e. The molecule has 168 valence electrons. The topological polar surface area (TPSA) is 50.1 Å². The Morgan fingerprint density at radius 3 is 2.24 bits per heavy atom. The molecule has 0 saturated carbocycles. The van der Waals surface area contributed by atoms with Gasteiger partial charge in [-0.1, -0.05) is 12.1 Å². The lowest BCUT2D eigenvalue weighted by molar-refractivity contribution is 0.122. The van der Waals surface area contributed by atoms with Crippen molar-refractivity contribution in [1.82, 2.24) is 4.98 Å². The van der Waals surface area contributed by atoms with Gasteiger partial charge in [0.2, 0.25) is 0 Å². The van der Waals surface area contributed by atoms with Gasteiger partial charge in [0.1, 0.15) is 21.2 Å². The molecule has 1 saturated heterocycles. The van der Waals surface area contributed by atoms with Crippen LogP contribution in [-0.2, 0) is 17.8 Å². The fourth-order valence-corrected chi connectivity index (χ4v) is 4.73. The summed E-state index contributed by atoms with van der Waals surface area (Å²) >= 11 is 2.12. The number of aromatic nitrogens is 1. The van der Waals surface area contributed by atoms with Crippen LogP contribution in [0.4, 0.5) is 14.6 Å². The summed E-state index contributed by atoms with van der Waals surface area (Å²) in [7, 11) is 0. The number of fused-ring (bicyclic) bond motifs is 2. The molecule has 0 bridgehead atoms. The Morgan fingerprint density at radius 2 is 1.48 bits per heavy atom. The number of anilines is 1. The van der Waals surface area contributed by atoms with Gasteiger partial charge in [-0.25, -0.2) is 13.8 Å². The van der Waals surface area contributed by atoms with Crippen molar-refractivity contribution in [3.63, 3.8) is 0 Å². The minimum absolute atomic E-state index is 0.185. The minimum atomic E-state index is -0.226. The van der Waals surface area contributed by atoms with Gasteiger partial charge in [-0.3, -0.25) is 9.98 Å². The average molecular weight is 558 g/mol. The number of ether oxygens (including phenoxy) is 1. The summed E-state index contributed by atoms with van der Waals surface area (Å²) in [4.78, 5) is 15.4. The van der Waals surface area contributed by atoms with Crippen LogP contribution in [0.15, 0.2) is 64.7 Å². The molecule has 0 atom stereocenters. The largest absolute Gasteiger partial charge is 0.378 e. The van der Waals surface area contributed by atoms with Crippen molar-refractivity contribution in [2.45, 2.75) is 13.1 Å². The Bertz CT molecular complexity index is 1250. The van der Waals surface area contributed by atoms with Crippen molar-refractivity contribution in [3.8, 4) is 0 Å². The average Bonchev–Trinajstić information content (AvgIpc) is 3.43. The quantitative estimate of drug-likeness (QED) is 0.420. The third-order valence-electron chi connectivity index (χ3n) is 5.77. The summed E-state index contributed by atoms with van der Waals surface area (Å²) in [5.74, 6) is 0.513. The van der Waals surface area contributed by atoms with Crippen molar-refractivity contribution in [2.24, 2.45) is 9.98 Å². The fourth-order valence-electron chi connectivity index (χ4n) is 4.05. The molecule has 1 fully saturated rings. The van der Waals surface area contributed by atoms with E-state index < -0.39 is 0 Å². The predicted molar refractivity (Wildman–Crippen MR) is 134 cm³/mol. The predicted octanol–water partition coefficient (Wildman–Crippen LogP) is 4.93. The number of morpholine rings is 1. The number of pyridine rings is 1. The highest BCUT2D eigenvalue weighted by Gasteiger charge is 2.20. The van der Waals surface area contributed by atoms with Gasteiger partial charge in [0.05, 0.1) is 32.0 Å². The van der Waals surface area contributed by atoms with Gasteiger partial charge in [-0.2, -0.15) is 0 Å². The van der Waals surface area contributed by atoms with E-state index in [1.54, 1.807) is 18.3 Å². The lowest BCUT2D eigenvalue weighted by atomic mass is 10.0. The van der Waals surface area contributed by atoms with E-state index in [-0.39, 0.29) is 11.6 Å². The van der Waals surface area contributed by atoms with Gasteiger partial charge >= 0.3 is 0 Å². The van der Waals surface area contributed by atoms with Gasteiger partial charge in [0.15, 0.2) is 0 Å². The summed E-state index contributed by atoms with van der Waals surface area (Å²) in [6, 6.07) is 13.6. The highest BCUT2D eigenvalue weighted by Crippen LogP contribution is 2.26. The Labute approximate surface area is 204 Å². The molecule has 3 aliphatic heterocycles. The zero-order valence-corrected chi connectivity index (χ0v) is 19.9. The second kappa shape index (κ2) is 9.64. The molecule has 6 rings (SSSR count). The number of nitrogens with zero attached hydrogens (tertiary/aromatic N) is 4. The number of aliphatic imine (C=N–C) groups is 2. The molecule has 33 heavy (non-hydrogen) atoms. The van der Waals surface area contributed by atoms with Crippen LogP contribution in [0.25, 0.3) is 0 Å². The van der Waals surface area contributed by atoms with Crippen LogP contribution in [0, 0.1) is 11.6 Å². The van der Waals surface area contributed by atoms with E-state index in [1.807, 2.05) is 18.2 Å². The first kappa shape index (κ1) is 22.1. The Hall–Kier alpha value is -2.72. The normalized spacial score (nSPS) is 16.4. The third-order valence-corrected chi connectivity index (χ3v) is 6.69. The molecule has 3 aromatic rings. The molecule has 2 aromatic carbocycles. The van der Waals surface area contributed by atoms with Gasteiger partial charge in [0, 0.05) is 36.0 Å². The van der Waals surface area contributed by atoms with Crippen molar-refractivity contribution in [2.75, 3.05) is 31.2 Å². The van der Waals surface area contributed by atoms with E-state index in [1.165, 1.54) is 18.2 Å². The Balaban J connectivity index is 0.000000174. The van der Waals surface area contributed by atoms with E-state index in [0.717, 1.165) is 69.4 Å². The van der Waals surface area contributed by atoms with Crippen LogP contribution in [0.2, 0.25) is 0 Å². The molecule has 3 aliphatic rings. The molecule has 4 heterocycles. The SMILES string of the molecule is Fc1ccc2c(c1)C(I)=NC2.Fc1ccc2c(c1)C(c1ccnc(N3CCOCC3)c1)=NC2. The van der Waals surface area contributed by atoms with Gasteiger partial charge in [-0.15, -0.1) is 0 Å². The lowest BCUT2D eigenvalue weighted by Crippen LogP contribution is -2.36. The molecule has 1 aromatic heterocycles. The molecule has 0 amide bonds. The van der Waals surface area contributed by atoms with Gasteiger partial charge in [0.25, 0.3) is 0 Å². The molecule has 0 radical (unpaired) electrons. The number of hydrogen-bond acceptors (Lipinski definition) is 5. The zero-order chi connectivity index (χ0) is 22.8. The second-order valence-electron chi connectivity index (χ2n) is 7.88. The molecular formula is C25H21F2IN4O. The zero-order valence-electron chi connectivity index (χ0n) is 17.8. The van der Waals surface area contributed by atoms with Crippen LogP contribution in [0.1, 0.15) is 27.8 Å². The maximum atomic E-state index is 13.5. The number of benzene rings is 2. The minimum Gasteiger partial charge on any atom is -0.378 e. The monoisotopic (exact) mass is 558 g/mol. The molecule has 0 aliphatic carbocycles. The first-order valence-corrected chi connectivity index (χ1v) is 11.8.